The minimum atomic E-state index is 0. The molecule has 0 amide bonds. The molecule has 1 unspecified atom stereocenters. The molecule has 0 aliphatic heterocycles. The Balaban J connectivity index is 0. The number of likely N-dealkylation sites (N-methyl/N-ethyl adjacent to an activating group) is 1. The summed E-state index contributed by atoms with van der Waals surface area (Å²) in [5.74, 6) is 0.120. The average molecular weight is 546 g/mol. The molecule has 1 atom stereocenters. The summed E-state index contributed by atoms with van der Waals surface area (Å²) in [7, 11) is 0. The van der Waals surface area contributed by atoms with Gasteiger partial charge in [-0.15, -0.1) is 17.0 Å². The molecule has 204 valence electrons. The maximum Gasteiger partial charge on any atom is 0.0970 e. The van der Waals surface area contributed by atoms with Crippen molar-refractivity contribution in [2.75, 3.05) is 26.2 Å². The molecule has 0 saturated carbocycles. The number of hydrogen-bond donors (Lipinski definition) is 0. The lowest BCUT2D eigenvalue weighted by Gasteiger charge is -2.36. The predicted octanol–water partition coefficient (Wildman–Crippen LogP) is 8.80. The largest absolute Gasteiger partial charge is 0.862 e. The summed E-state index contributed by atoms with van der Waals surface area (Å²) in [4.78, 5) is 4.43. The van der Waals surface area contributed by atoms with Crippen LogP contribution in [0.2, 0.25) is 0 Å². The molecule has 0 aromatic carbocycles. The van der Waals surface area contributed by atoms with Crippen molar-refractivity contribution in [2.24, 2.45) is 4.99 Å². The van der Waals surface area contributed by atoms with E-state index >= 15 is 0 Å². The van der Waals surface area contributed by atoms with Crippen LogP contribution in [0.3, 0.4) is 0 Å². The highest BCUT2D eigenvalue weighted by molar-refractivity contribution is 8.93. The molecule has 0 spiro atoms. The Kier molecular flexibility index (Phi) is 27.1. The molecule has 0 radical (unpaired) electrons. The van der Waals surface area contributed by atoms with Crippen LogP contribution in [-0.2, 0) is 0 Å². The van der Waals surface area contributed by atoms with Crippen LogP contribution in [0.15, 0.2) is 17.6 Å². The van der Waals surface area contributed by atoms with Crippen LogP contribution in [-0.4, -0.2) is 42.6 Å². The molecular weight excluding hydrogens is 484 g/mol. The van der Waals surface area contributed by atoms with Crippen LogP contribution >= 0.6 is 17.0 Å². The van der Waals surface area contributed by atoms with E-state index in [2.05, 4.69) is 39.3 Å². The van der Waals surface area contributed by atoms with Crippen LogP contribution in [0.4, 0.5) is 0 Å². The second-order valence-electron chi connectivity index (χ2n) is 10.4. The summed E-state index contributed by atoms with van der Waals surface area (Å²) in [5.41, 5.74) is 0. The van der Waals surface area contributed by atoms with Gasteiger partial charge in [0, 0.05) is 6.04 Å². The Morgan fingerprint density at radius 3 is 1.62 bits per heavy atom. The number of aliphatic imine (C=N–C) groups is 1. The molecule has 0 saturated heterocycles. The Morgan fingerprint density at radius 2 is 1.21 bits per heavy atom. The quantitative estimate of drug-likeness (QED) is 0.0371. The van der Waals surface area contributed by atoms with Gasteiger partial charge in [-0.1, -0.05) is 103 Å². The van der Waals surface area contributed by atoms with Gasteiger partial charge in [-0.05, 0) is 58.4 Å². The second-order valence-corrected chi connectivity index (χ2v) is 10.4. The summed E-state index contributed by atoms with van der Waals surface area (Å²) in [6.45, 7) is 17.3. The molecule has 0 fully saturated rings. The summed E-state index contributed by atoms with van der Waals surface area (Å²) in [6, 6.07) is 0.160. The van der Waals surface area contributed by atoms with E-state index in [4.69, 9.17) is 0 Å². The third kappa shape index (κ3) is 21.0. The van der Waals surface area contributed by atoms with E-state index < -0.39 is 0 Å². The molecule has 0 N–H and O–H groups in total. The number of nitrogens with zero attached hydrogens (tertiary/aromatic N) is 2. The topological polar surface area (TPSA) is 35.4 Å². The maximum atomic E-state index is 12.2. The van der Waals surface area contributed by atoms with E-state index in [1.165, 1.54) is 89.9 Å². The lowest BCUT2D eigenvalue weighted by Crippen LogP contribution is -2.48. The number of rotatable bonds is 25. The molecule has 0 rings (SSSR count). The van der Waals surface area contributed by atoms with Crippen molar-refractivity contribution >= 4 is 22.9 Å². The van der Waals surface area contributed by atoms with Crippen molar-refractivity contribution in [3.05, 3.63) is 12.7 Å². The van der Waals surface area contributed by atoms with Gasteiger partial charge in [-0.3, -0.25) is 0 Å². The zero-order valence-corrected chi connectivity index (χ0v) is 25.3. The highest BCUT2D eigenvalue weighted by Crippen LogP contribution is 2.14. The Bertz CT molecular complexity index is 463. The van der Waals surface area contributed by atoms with E-state index in [0.29, 0.717) is 6.42 Å². The van der Waals surface area contributed by atoms with E-state index in [-0.39, 0.29) is 28.9 Å². The van der Waals surface area contributed by atoms with Gasteiger partial charge < -0.3 is 14.6 Å². The first kappa shape index (κ1) is 35.8. The maximum absolute atomic E-state index is 12.2. The summed E-state index contributed by atoms with van der Waals surface area (Å²) < 4.78 is 1.10. The van der Waals surface area contributed by atoms with Crippen molar-refractivity contribution in [3.8, 4) is 0 Å². The molecule has 0 aliphatic carbocycles. The zero-order valence-electron chi connectivity index (χ0n) is 23.6. The van der Waals surface area contributed by atoms with Gasteiger partial charge >= 0.3 is 0 Å². The summed E-state index contributed by atoms with van der Waals surface area (Å²) in [6.07, 6.45) is 25.2. The van der Waals surface area contributed by atoms with Gasteiger partial charge in [0.05, 0.1) is 26.2 Å². The van der Waals surface area contributed by atoms with Gasteiger partial charge in [0.2, 0.25) is 0 Å². The standard InChI is InChI=1S/C30H60N2O.BrH/c1-6-10-11-12-13-14-15-16-17-18-19-20-21-22-23-26-30(33)31-29(5)25-24-28-32(8-3,9-4)27-7-2;/h7,29H,2,6,8-28H2,1,3-5H3;1H. The molecule has 0 aromatic rings. The van der Waals surface area contributed by atoms with Crippen LogP contribution in [0.1, 0.15) is 143 Å². The SMILES string of the molecule is Br.C=CC[N+](CC)(CC)CCCC(C)N=C([O-])CCCCCCCCCCCCCCCCC. The first-order chi connectivity index (χ1) is 16.0. The first-order valence-corrected chi connectivity index (χ1v) is 14.7. The average Bonchev–Trinajstić information content (AvgIpc) is 2.81. The molecule has 34 heavy (non-hydrogen) atoms. The van der Waals surface area contributed by atoms with Crippen LogP contribution in [0.5, 0.6) is 0 Å². The molecule has 0 aromatic heterocycles. The van der Waals surface area contributed by atoms with Crippen molar-refractivity contribution < 1.29 is 9.59 Å². The number of hydrogen-bond acceptors (Lipinski definition) is 2. The number of halogens is 1. The van der Waals surface area contributed by atoms with E-state index in [1.54, 1.807) is 0 Å². The fourth-order valence-corrected chi connectivity index (χ4v) is 4.91. The van der Waals surface area contributed by atoms with Gasteiger partial charge in [-0.25, -0.2) is 0 Å². The number of unbranched alkanes of at least 4 members (excludes halogenated alkanes) is 14. The van der Waals surface area contributed by atoms with Crippen LogP contribution < -0.4 is 5.11 Å². The second kappa shape index (κ2) is 25.7. The third-order valence-electron chi connectivity index (χ3n) is 7.47. The van der Waals surface area contributed by atoms with Crippen molar-refractivity contribution in [2.45, 2.75) is 149 Å². The minimum absolute atomic E-state index is 0. The lowest BCUT2D eigenvalue weighted by molar-refractivity contribution is -0.919. The number of quaternary nitrogens is 1. The Hall–Kier alpha value is -0.350. The van der Waals surface area contributed by atoms with Crippen molar-refractivity contribution in [1.29, 1.82) is 0 Å². The zero-order chi connectivity index (χ0) is 24.6. The highest BCUT2D eigenvalue weighted by atomic mass is 79.9. The van der Waals surface area contributed by atoms with Gasteiger partial charge in [0.15, 0.2) is 0 Å². The van der Waals surface area contributed by atoms with Crippen molar-refractivity contribution in [3.63, 3.8) is 0 Å². The molecular formula is C30H61BrN2O. The van der Waals surface area contributed by atoms with Crippen molar-refractivity contribution in [1.82, 2.24) is 0 Å². The van der Waals surface area contributed by atoms with Gasteiger partial charge in [0.1, 0.15) is 0 Å². The fourth-order valence-electron chi connectivity index (χ4n) is 4.91. The van der Waals surface area contributed by atoms with Crippen LogP contribution in [0, 0.1) is 0 Å². The minimum Gasteiger partial charge on any atom is -0.862 e. The smallest absolute Gasteiger partial charge is 0.0970 e. The molecule has 0 heterocycles. The van der Waals surface area contributed by atoms with Crippen LogP contribution in [0.25, 0.3) is 0 Å². The summed E-state index contributed by atoms with van der Waals surface area (Å²) in [5, 5.41) is 12.2. The Morgan fingerprint density at radius 1 is 0.765 bits per heavy atom. The highest BCUT2D eigenvalue weighted by Gasteiger charge is 2.20. The molecule has 0 bridgehead atoms. The first-order valence-electron chi connectivity index (χ1n) is 14.7. The summed E-state index contributed by atoms with van der Waals surface area (Å²) >= 11 is 0. The monoisotopic (exact) mass is 544 g/mol. The van der Waals surface area contributed by atoms with Gasteiger partial charge in [-0.2, -0.15) is 0 Å². The third-order valence-corrected chi connectivity index (χ3v) is 7.47. The fraction of sp³-hybridized carbons (Fsp3) is 0.900. The predicted molar refractivity (Wildman–Crippen MR) is 157 cm³/mol. The van der Waals surface area contributed by atoms with E-state index in [1.807, 2.05) is 6.08 Å². The van der Waals surface area contributed by atoms with Gasteiger partial charge in [0.25, 0.3) is 0 Å². The van der Waals surface area contributed by atoms with E-state index in [0.717, 1.165) is 49.9 Å². The molecule has 4 heteroatoms. The Labute approximate surface area is 225 Å². The normalized spacial score (nSPS) is 13.0. The molecule has 0 aliphatic rings. The van der Waals surface area contributed by atoms with E-state index in [9.17, 15) is 5.11 Å². The molecule has 3 nitrogen and oxygen atoms in total. The lowest BCUT2D eigenvalue weighted by atomic mass is 10.0.